The molecule has 1 aliphatic heterocycles. The lowest BCUT2D eigenvalue weighted by Gasteiger charge is -2.42. The number of nitrogens with two attached hydrogens (primary N) is 1. The Bertz CT molecular complexity index is 509. The van der Waals surface area contributed by atoms with Gasteiger partial charge in [0.2, 0.25) is 12.2 Å². The second-order valence-corrected chi connectivity index (χ2v) is 5.12. The van der Waals surface area contributed by atoms with Crippen molar-refractivity contribution in [3.8, 4) is 5.75 Å². The number of ether oxygens (including phenoxy) is 2. The molecule has 1 aromatic carbocycles. The number of benzene rings is 1. The van der Waals surface area contributed by atoms with Crippen molar-refractivity contribution in [2.45, 2.75) is 37.6 Å². The summed E-state index contributed by atoms with van der Waals surface area (Å²) in [6.07, 6.45) is -4.76. The van der Waals surface area contributed by atoms with Gasteiger partial charge in [-0.25, -0.2) is 0 Å². The van der Waals surface area contributed by atoms with Crippen LogP contribution in [0.25, 0.3) is 0 Å². The van der Waals surface area contributed by atoms with Gasteiger partial charge in [0, 0.05) is 12.6 Å². The van der Waals surface area contributed by atoms with Gasteiger partial charge in [0.15, 0.2) is 0 Å². The molecule has 8 nitrogen and oxygen atoms in total. The van der Waals surface area contributed by atoms with Gasteiger partial charge < -0.3 is 35.8 Å². The van der Waals surface area contributed by atoms with E-state index in [0.717, 1.165) is 0 Å². The van der Waals surface area contributed by atoms with Gasteiger partial charge in [-0.15, -0.1) is 0 Å². The van der Waals surface area contributed by atoms with Crippen LogP contribution in [0.15, 0.2) is 24.3 Å². The molecule has 2 rings (SSSR count). The molecule has 1 heterocycles. The molecule has 0 spiro atoms. The van der Waals surface area contributed by atoms with E-state index in [1.165, 1.54) is 6.92 Å². The number of nitrogens with one attached hydrogen (secondary N) is 1. The molecule has 5 atom stereocenters. The monoisotopic (exact) mass is 312 g/mol. The van der Waals surface area contributed by atoms with Crippen molar-refractivity contribution in [3.05, 3.63) is 24.3 Å². The molecule has 6 N–H and O–H groups in total. The fraction of sp³-hybridized carbons (Fsp3) is 0.500. The van der Waals surface area contributed by atoms with Crippen LogP contribution in [0, 0.1) is 0 Å². The first kappa shape index (κ1) is 16.5. The highest BCUT2D eigenvalue weighted by atomic mass is 16.7. The fourth-order valence-corrected chi connectivity index (χ4v) is 2.25. The normalized spacial score (nSPS) is 31.5. The van der Waals surface area contributed by atoms with Gasteiger partial charge in [-0.1, -0.05) is 0 Å². The lowest BCUT2D eigenvalue weighted by atomic mass is 9.97. The second-order valence-electron chi connectivity index (χ2n) is 5.12. The Kier molecular flexibility index (Phi) is 5.19. The van der Waals surface area contributed by atoms with Gasteiger partial charge in [0.1, 0.15) is 30.1 Å². The van der Waals surface area contributed by atoms with E-state index in [1.54, 1.807) is 24.3 Å². The van der Waals surface area contributed by atoms with Gasteiger partial charge in [0.25, 0.3) is 0 Å². The number of anilines is 1. The maximum absolute atomic E-state index is 11.3. The lowest BCUT2D eigenvalue weighted by Crippen LogP contribution is -2.65. The number of amides is 1. The van der Waals surface area contributed by atoms with Crippen LogP contribution in [-0.4, -0.2) is 58.5 Å². The molecular weight excluding hydrogens is 292 g/mol. The summed E-state index contributed by atoms with van der Waals surface area (Å²) < 4.78 is 11.0. The third-order valence-corrected chi connectivity index (χ3v) is 3.38. The molecule has 0 aliphatic carbocycles. The number of hydrogen-bond donors (Lipinski definition) is 5. The zero-order chi connectivity index (χ0) is 16.3. The highest BCUT2D eigenvalue weighted by Crippen LogP contribution is 2.24. The minimum atomic E-state index is -1.34. The Morgan fingerprint density at radius 3 is 2.50 bits per heavy atom. The van der Waals surface area contributed by atoms with Crippen molar-refractivity contribution < 1.29 is 29.6 Å². The van der Waals surface area contributed by atoms with Crippen LogP contribution in [-0.2, 0) is 9.53 Å². The average Bonchev–Trinajstić information content (AvgIpc) is 2.48. The van der Waals surface area contributed by atoms with Crippen molar-refractivity contribution in [2.24, 2.45) is 0 Å². The molecule has 22 heavy (non-hydrogen) atoms. The van der Waals surface area contributed by atoms with Crippen LogP contribution in [0.3, 0.4) is 0 Å². The molecule has 1 saturated heterocycles. The number of aliphatic hydroxyl groups is 3. The summed E-state index contributed by atoms with van der Waals surface area (Å²) in [5.74, 6) is 0.00281. The molecule has 0 bridgehead atoms. The third-order valence-electron chi connectivity index (χ3n) is 3.38. The Hall–Kier alpha value is -1.87. The summed E-state index contributed by atoms with van der Waals surface area (Å²) in [5.41, 5.74) is 6.14. The Morgan fingerprint density at radius 1 is 1.32 bits per heavy atom. The van der Waals surface area contributed by atoms with Gasteiger partial charge in [-0.2, -0.15) is 0 Å². The maximum atomic E-state index is 11.3. The molecule has 122 valence electrons. The number of hydrogen-bond acceptors (Lipinski definition) is 7. The zero-order valence-corrected chi connectivity index (χ0v) is 12.0. The topological polar surface area (TPSA) is 134 Å². The Morgan fingerprint density at radius 2 is 1.95 bits per heavy atom. The number of carbonyl (C=O) groups is 1. The minimum Gasteiger partial charge on any atom is -0.463 e. The van der Waals surface area contributed by atoms with Crippen LogP contribution in [0.2, 0.25) is 0 Å². The van der Waals surface area contributed by atoms with E-state index >= 15 is 0 Å². The number of carbonyl (C=O) groups excluding carboxylic acids is 1. The fourth-order valence-electron chi connectivity index (χ4n) is 2.25. The standard InChI is InChI=1S/C14H20N2O6/c1-7(18)16-11-13(20)12(19)10(6-17)22-14(11)21-9-4-2-8(15)3-5-9/h2-5,10-14,17,19-20H,6,15H2,1H3,(H,16,18)/t10-,11-,12-,13-,14-/m1/s1. The van der Waals surface area contributed by atoms with E-state index in [2.05, 4.69) is 5.32 Å². The van der Waals surface area contributed by atoms with Gasteiger partial charge in [-0.05, 0) is 24.3 Å². The molecule has 0 aromatic heterocycles. The van der Waals surface area contributed by atoms with Crippen molar-refractivity contribution in [2.75, 3.05) is 12.3 Å². The number of aliphatic hydroxyl groups excluding tert-OH is 3. The molecule has 1 aromatic rings. The van der Waals surface area contributed by atoms with E-state index in [-0.39, 0.29) is 0 Å². The highest BCUT2D eigenvalue weighted by molar-refractivity contribution is 5.73. The number of nitrogen functional groups attached to an aromatic ring is 1. The van der Waals surface area contributed by atoms with Crippen LogP contribution >= 0.6 is 0 Å². The summed E-state index contributed by atoms with van der Waals surface area (Å²) in [5, 5.41) is 31.7. The van der Waals surface area contributed by atoms with E-state index in [9.17, 15) is 20.1 Å². The van der Waals surface area contributed by atoms with E-state index in [0.29, 0.717) is 11.4 Å². The summed E-state index contributed by atoms with van der Waals surface area (Å²) in [6, 6.07) is 5.48. The van der Waals surface area contributed by atoms with Crippen LogP contribution in [0.4, 0.5) is 5.69 Å². The van der Waals surface area contributed by atoms with Crippen LogP contribution in [0.1, 0.15) is 6.92 Å². The minimum absolute atomic E-state index is 0.409. The first-order chi connectivity index (χ1) is 10.4. The molecule has 1 amide bonds. The largest absolute Gasteiger partial charge is 0.463 e. The lowest BCUT2D eigenvalue weighted by molar-refractivity contribution is -0.244. The Labute approximate surface area is 127 Å². The summed E-state index contributed by atoms with van der Waals surface area (Å²) in [4.78, 5) is 11.3. The second kappa shape index (κ2) is 6.93. The molecule has 0 saturated carbocycles. The van der Waals surface area contributed by atoms with Crippen molar-refractivity contribution in [1.82, 2.24) is 5.32 Å². The number of rotatable bonds is 4. The third kappa shape index (κ3) is 3.66. The van der Waals surface area contributed by atoms with Crippen molar-refractivity contribution in [3.63, 3.8) is 0 Å². The van der Waals surface area contributed by atoms with Gasteiger partial charge in [-0.3, -0.25) is 4.79 Å². The summed E-state index contributed by atoms with van der Waals surface area (Å²) >= 11 is 0. The summed E-state index contributed by atoms with van der Waals surface area (Å²) in [7, 11) is 0. The predicted molar refractivity (Wildman–Crippen MR) is 76.8 cm³/mol. The quantitative estimate of drug-likeness (QED) is 0.431. The first-order valence-corrected chi connectivity index (χ1v) is 6.84. The molecule has 8 heteroatoms. The van der Waals surface area contributed by atoms with Crippen LogP contribution < -0.4 is 15.8 Å². The predicted octanol–water partition coefficient (Wildman–Crippen LogP) is -1.41. The van der Waals surface area contributed by atoms with E-state index in [1.807, 2.05) is 0 Å². The smallest absolute Gasteiger partial charge is 0.223 e. The van der Waals surface area contributed by atoms with E-state index in [4.69, 9.17) is 15.2 Å². The maximum Gasteiger partial charge on any atom is 0.223 e. The molecule has 1 aliphatic rings. The first-order valence-electron chi connectivity index (χ1n) is 6.84. The highest BCUT2D eigenvalue weighted by Gasteiger charge is 2.46. The molecule has 1 fully saturated rings. The SMILES string of the molecule is CC(=O)N[C@H]1[C@H](Oc2ccc(N)cc2)O[C@H](CO)[C@@H](O)[C@@H]1O. The van der Waals surface area contributed by atoms with E-state index < -0.39 is 43.2 Å². The average molecular weight is 312 g/mol. The molecule has 0 radical (unpaired) electrons. The van der Waals surface area contributed by atoms with Crippen molar-refractivity contribution in [1.29, 1.82) is 0 Å². The summed E-state index contributed by atoms with van der Waals surface area (Å²) in [6.45, 7) is 0.782. The Balaban J connectivity index is 2.18. The van der Waals surface area contributed by atoms with Gasteiger partial charge in [0.05, 0.1) is 6.61 Å². The zero-order valence-electron chi connectivity index (χ0n) is 12.0. The molecular formula is C14H20N2O6. The van der Waals surface area contributed by atoms with Crippen LogP contribution in [0.5, 0.6) is 5.75 Å². The molecule has 0 unspecified atom stereocenters. The van der Waals surface area contributed by atoms with Crippen molar-refractivity contribution >= 4 is 11.6 Å². The van der Waals surface area contributed by atoms with Gasteiger partial charge >= 0.3 is 0 Å².